The molecule has 0 atom stereocenters. The number of nitrogens with zero attached hydrogens (tertiary/aromatic N) is 2. The molecule has 0 heterocycles. The van der Waals surface area contributed by atoms with Gasteiger partial charge in [-0.3, -0.25) is 14.9 Å². The summed E-state index contributed by atoms with van der Waals surface area (Å²) in [7, 11) is 0. The Labute approximate surface area is 155 Å². The van der Waals surface area contributed by atoms with Gasteiger partial charge in [-0.15, -0.1) is 0 Å². The minimum absolute atomic E-state index is 0.0668. The molecule has 1 amide bonds. The van der Waals surface area contributed by atoms with E-state index in [1.165, 1.54) is 6.07 Å². The van der Waals surface area contributed by atoms with Gasteiger partial charge in [0.1, 0.15) is 5.75 Å². The van der Waals surface area contributed by atoms with Gasteiger partial charge in [0.25, 0.3) is 5.91 Å². The Kier molecular flexibility index (Phi) is 6.31. The Morgan fingerprint density at radius 2 is 2.20 bits per heavy atom. The molecule has 2 aromatic rings. The minimum atomic E-state index is -0.727. The van der Waals surface area contributed by atoms with Crippen LogP contribution in [0.3, 0.4) is 0 Å². The fraction of sp³-hybridized carbons (Fsp3) is 0.0667. The van der Waals surface area contributed by atoms with E-state index in [2.05, 4.69) is 26.5 Å². The van der Waals surface area contributed by atoms with E-state index in [1.807, 2.05) is 0 Å². The van der Waals surface area contributed by atoms with E-state index in [0.29, 0.717) is 15.2 Å². The van der Waals surface area contributed by atoms with Crippen molar-refractivity contribution < 1.29 is 19.6 Å². The fourth-order valence-electron chi connectivity index (χ4n) is 1.75. The largest absolute Gasteiger partial charge is 0.502 e. The number of carbonyl (C=O) groups excluding carboxylic acids is 1. The third-order valence-corrected chi connectivity index (χ3v) is 3.53. The Morgan fingerprint density at radius 1 is 1.44 bits per heavy atom. The third-order valence-electron chi connectivity index (χ3n) is 2.84. The van der Waals surface area contributed by atoms with E-state index in [-0.39, 0.29) is 12.2 Å². The van der Waals surface area contributed by atoms with Crippen molar-refractivity contribution in [1.29, 1.82) is 0 Å². The van der Waals surface area contributed by atoms with Crippen LogP contribution in [0.25, 0.3) is 0 Å². The number of nitrogens with one attached hydrogen (secondary N) is 1. The van der Waals surface area contributed by atoms with Crippen molar-refractivity contribution in [2.24, 2.45) is 5.10 Å². The highest BCUT2D eigenvalue weighted by atomic mass is 79.9. The molecule has 0 aliphatic heterocycles. The van der Waals surface area contributed by atoms with Crippen LogP contribution < -0.4 is 10.2 Å². The summed E-state index contributed by atoms with van der Waals surface area (Å²) < 4.78 is 5.61. The molecule has 2 aromatic carbocycles. The molecule has 0 bridgehead atoms. The maximum Gasteiger partial charge on any atom is 0.312 e. The molecule has 0 unspecified atom stereocenters. The summed E-state index contributed by atoms with van der Waals surface area (Å²) in [4.78, 5) is 21.8. The zero-order valence-electron chi connectivity index (χ0n) is 12.5. The van der Waals surface area contributed by atoms with Crippen molar-refractivity contribution in [2.75, 3.05) is 6.61 Å². The molecule has 0 saturated carbocycles. The first-order valence-corrected chi connectivity index (χ1v) is 7.91. The number of phenolic OH excluding ortho intramolecular Hbond substituents is 1. The molecular formula is C15H11BrClN3O5. The Bertz CT molecular complexity index is 844. The minimum Gasteiger partial charge on any atom is -0.502 e. The van der Waals surface area contributed by atoms with Gasteiger partial charge in [0.15, 0.2) is 6.61 Å². The normalized spacial score (nSPS) is 10.6. The summed E-state index contributed by atoms with van der Waals surface area (Å²) >= 11 is 8.89. The van der Waals surface area contributed by atoms with Crippen molar-refractivity contribution in [2.45, 2.75) is 0 Å². The van der Waals surface area contributed by atoms with Crippen molar-refractivity contribution >= 4 is 45.3 Å². The first-order chi connectivity index (χ1) is 11.9. The smallest absolute Gasteiger partial charge is 0.312 e. The van der Waals surface area contributed by atoms with Gasteiger partial charge in [-0.1, -0.05) is 33.6 Å². The molecule has 2 rings (SSSR count). The number of nitro benzene ring substituents is 1. The molecule has 25 heavy (non-hydrogen) atoms. The number of ether oxygens (including phenoxy) is 1. The number of benzene rings is 2. The standard InChI is InChI=1S/C15H11BrClN3O5/c16-10-4-9(15(22)13(5-10)20(23)24)7-18-19-14(21)8-25-12-3-1-2-11(17)6-12/h1-7,22H,8H2,(H,19,21)/b18-7+. The quantitative estimate of drug-likeness (QED) is 0.416. The highest BCUT2D eigenvalue weighted by Crippen LogP contribution is 2.32. The molecule has 0 aliphatic rings. The van der Waals surface area contributed by atoms with E-state index < -0.39 is 22.3 Å². The predicted molar refractivity (Wildman–Crippen MR) is 95.1 cm³/mol. The van der Waals surface area contributed by atoms with Crippen LogP contribution in [0.4, 0.5) is 5.69 Å². The number of phenols is 1. The molecule has 0 fully saturated rings. The van der Waals surface area contributed by atoms with E-state index in [1.54, 1.807) is 24.3 Å². The molecule has 0 aliphatic carbocycles. The number of carbonyl (C=O) groups is 1. The summed E-state index contributed by atoms with van der Waals surface area (Å²) in [6.07, 6.45) is 1.09. The second-order valence-corrected chi connectivity index (χ2v) is 6.01. The SMILES string of the molecule is O=C(COc1cccc(Cl)c1)N/N=C/c1cc(Br)cc([N+](=O)[O-])c1O. The maximum atomic E-state index is 11.7. The van der Waals surface area contributed by atoms with Crippen molar-refractivity contribution in [3.05, 3.63) is 61.6 Å². The van der Waals surface area contributed by atoms with Gasteiger partial charge in [-0.25, -0.2) is 5.43 Å². The number of hydrazone groups is 1. The van der Waals surface area contributed by atoms with E-state index in [9.17, 15) is 20.0 Å². The lowest BCUT2D eigenvalue weighted by Crippen LogP contribution is -2.24. The molecule has 130 valence electrons. The number of rotatable bonds is 6. The second kappa shape index (κ2) is 8.45. The van der Waals surface area contributed by atoms with Gasteiger partial charge >= 0.3 is 5.69 Å². The van der Waals surface area contributed by atoms with Gasteiger partial charge in [0.2, 0.25) is 5.75 Å². The zero-order chi connectivity index (χ0) is 18.4. The first-order valence-electron chi connectivity index (χ1n) is 6.74. The lowest BCUT2D eigenvalue weighted by molar-refractivity contribution is -0.385. The molecule has 0 aromatic heterocycles. The van der Waals surface area contributed by atoms with Crippen molar-refractivity contribution in [3.63, 3.8) is 0 Å². The van der Waals surface area contributed by atoms with Crippen LogP contribution in [0.5, 0.6) is 11.5 Å². The topological polar surface area (TPSA) is 114 Å². The van der Waals surface area contributed by atoms with E-state index in [0.717, 1.165) is 12.3 Å². The van der Waals surface area contributed by atoms with Crippen LogP contribution in [0.2, 0.25) is 5.02 Å². The monoisotopic (exact) mass is 427 g/mol. The lowest BCUT2D eigenvalue weighted by Gasteiger charge is -2.05. The van der Waals surface area contributed by atoms with Gasteiger partial charge in [-0.2, -0.15) is 5.10 Å². The maximum absolute atomic E-state index is 11.7. The van der Waals surface area contributed by atoms with Crippen LogP contribution in [-0.4, -0.2) is 28.8 Å². The predicted octanol–water partition coefficient (Wildman–Crippen LogP) is 3.25. The first kappa shape index (κ1) is 18.7. The average Bonchev–Trinajstić information content (AvgIpc) is 2.55. The molecule has 8 nitrogen and oxygen atoms in total. The summed E-state index contributed by atoms with van der Waals surface area (Å²) in [5, 5.41) is 24.8. The van der Waals surface area contributed by atoms with Crippen LogP contribution >= 0.6 is 27.5 Å². The number of hydrogen-bond donors (Lipinski definition) is 2. The van der Waals surface area contributed by atoms with Crippen LogP contribution in [0, 0.1) is 10.1 Å². The Hall–Kier alpha value is -2.65. The third kappa shape index (κ3) is 5.44. The Balaban J connectivity index is 1.96. The van der Waals surface area contributed by atoms with Gasteiger partial charge < -0.3 is 9.84 Å². The van der Waals surface area contributed by atoms with Gasteiger partial charge in [0, 0.05) is 21.1 Å². The lowest BCUT2D eigenvalue weighted by atomic mass is 10.2. The molecule has 0 radical (unpaired) electrons. The molecule has 0 saturated heterocycles. The number of amides is 1. The molecule has 2 N–H and O–H groups in total. The highest BCUT2D eigenvalue weighted by molar-refractivity contribution is 9.10. The number of halogens is 2. The number of hydrogen-bond acceptors (Lipinski definition) is 6. The summed E-state index contributed by atoms with van der Waals surface area (Å²) in [5.41, 5.74) is 1.77. The zero-order valence-corrected chi connectivity index (χ0v) is 14.8. The number of nitro groups is 1. The fourth-order valence-corrected chi connectivity index (χ4v) is 2.40. The Morgan fingerprint density at radius 3 is 2.88 bits per heavy atom. The highest BCUT2D eigenvalue weighted by Gasteiger charge is 2.17. The van der Waals surface area contributed by atoms with Gasteiger partial charge in [0.05, 0.1) is 11.1 Å². The molecular weight excluding hydrogens is 418 g/mol. The summed E-state index contributed by atoms with van der Waals surface area (Å²) in [6, 6.07) is 9.11. The average molecular weight is 429 g/mol. The number of aromatic hydroxyl groups is 1. The van der Waals surface area contributed by atoms with Crippen molar-refractivity contribution in [3.8, 4) is 11.5 Å². The summed E-state index contributed by atoms with van der Waals surface area (Å²) in [5.74, 6) is -0.687. The summed E-state index contributed by atoms with van der Waals surface area (Å²) in [6.45, 7) is -0.303. The molecule has 10 heteroatoms. The van der Waals surface area contributed by atoms with Crippen molar-refractivity contribution in [1.82, 2.24) is 5.43 Å². The van der Waals surface area contributed by atoms with Gasteiger partial charge in [-0.05, 0) is 24.3 Å². The van der Waals surface area contributed by atoms with Crippen LogP contribution in [0.1, 0.15) is 5.56 Å². The van der Waals surface area contributed by atoms with E-state index in [4.69, 9.17) is 16.3 Å². The molecule has 0 spiro atoms. The van der Waals surface area contributed by atoms with Crippen LogP contribution in [-0.2, 0) is 4.79 Å². The second-order valence-electron chi connectivity index (χ2n) is 4.66. The van der Waals surface area contributed by atoms with Crippen LogP contribution in [0.15, 0.2) is 46.0 Å². The van der Waals surface area contributed by atoms with E-state index >= 15 is 0 Å².